The number of carbonyl (C=O) groups excluding carboxylic acids is 1. The first-order valence-electron chi connectivity index (χ1n) is 11.2. The predicted molar refractivity (Wildman–Crippen MR) is 129 cm³/mol. The molecule has 0 atom stereocenters. The number of ether oxygens (including phenoxy) is 1. The maximum Gasteiger partial charge on any atom is 0.348 e. The first-order chi connectivity index (χ1) is 16.0. The lowest BCUT2D eigenvalue weighted by Gasteiger charge is -2.14. The monoisotopic (exact) mass is 445 g/mol. The average Bonchev–Trinajstić information content (AvgIpc) is 3.10. The Morgan fingerprint density at radius 2 is 1.73 bits per heavy atom. The summed E-state index contributed by atoms with van der Waals surface area (Å²) in [7, 11) is 0. The predicted octanol–water partition coefficient (Wildman–Crippen LogP) is 5.92. The van der Waals surface area contributed by atoms with Gasteiger partial charge in [0.25, 0.3) is 0 Å². The summed E-state index contributed by atoms with van der Waals surface area (Å²) in [4.78, 5) is 26.4. The molecular weight excluding hydrogens is 418 g/mol. The first-order valence-corrected chi connectivity index (χ1v) is 11.2. The highest BCUT2D eigenvalue weighted by atomic mass is 16.5. The molecule has 0 bridgehead atoms. The van der Waals surface area contributed by atoms with Gasteiger partial charge in [0.2, 0.25) is 0 Å². The average molecular weight is 446 g/mol. The number of fused-ring (bicyclic) bond motifs is 1. The van der Waals surface area contributed by atoms with Crippen molar-refractivity contribution in [3.63, 3.8) is 0 Å². The van der Waals surface area contributed by atoms with E-state index in [0.717, 1.165) is 18.4 Å². The normalized spacial score (nSPS) is 11.1. The molecule has 0 spiro atoms. The van der Waals surface area contributed by atoms with E-state index < -0.39 is 11.6 Å². The van der Waals surface area contributed by atoms with Gasteiger partial charge in [-0.3, -0.25) is 0 Å². The summed E-state index contributed by atoms with van der Waals surface area (Å²) in [5.41, 5.74) is 2.34. The van der Waals surface area contributed by atoms with E-state index in [-0.39, 0.29) is 29.1 Å². The lowest BCUT2D eigenvalue weighted by molar-refractivity contribution is 0.0526. The Morgan fingerprint density at radius 1 is 1.03 bits per heavy atom. The van der Waals surface area contributed by atoms with Crippen molar-refractivity contribution in [2.75, 3.05) is 6.61 Å². The van der Waals surface area contributed by atoms with Crippen LogP contribution in [-0.4, -0.2) is 22.2 Å². The summed E-state index contributed by atoms with van der Waals surface area (Å²) in [6.45, 7) is 6.52. The molecule has 1 N–H and O–H groups in total. The van der Waals surface area contributed by atoms with Gasteiger partial charge in [-0.2, -0.15) is 0 Å². The quantitative estimate of drug-likeness (QED) is 0.282. The highest BCUT2D eigenvalue weighted by Gasteiger charge is 2.32. The van der Waals surface area contributed by atoms with Crippen molar-refractivity contribution in [1.29, 1.82) is 0 Å². The molecular formula is C27H27NO5. The molecule has 0 saturated heterocycles. The maximum absolute atomic E-state index is 13.2. The van der Waals surface area contributed by atoms with Crippen LogP contribution in [0.25, 0.3) is 33.4 Å². The molecule has 4 rings (SSSR count). The first kappa shape index (κ1) is 22.4. The Balaban J connectivity index is 2.16. The molecule has 0 aliphatic rings. The number of rotatable bonds is 7. The minimum atomic E-state index is -0.707. The summed E-state index contributed by atoms with van der Waals surface area (Å²) in [6, 6.07) is 16.4. The SMILES string of the molecule is CCCCn1c(C)c(C(=O)OCC)c(-c2c(O)c3ccccc3oc2=O)c1-c1ccccc1. The number of aromatic hydroxyl groups is 1. The van der Waals surface area contributed by atoms with Crippen LogP contribution in [0.1, 0.15) is 42.7 Å². The van der Waals surface area contributed by atoms with Crippen molar-refractivity contribution in [3.8, 4) is 28.1 Å². The second-order valence-corrected chi connectivity index (χ2v) is 7.88. The summed E-state index contributed by atoms with van der Waals surface area (Å²) in [5, 5.41) is 11.6. The minimum absolute atomic E-state index is 0.0334. The zero-order chi connectivity index (χ0) is 23.5. The number of hydrogen-bond acceptors (Lipinski definition) is 5. The second-order valence-electron chi connectivity index (χ2n) is 7.88. The maximum atomic E-state index is 13.2. The highest BCUT2D eigenvalue weighted by Crippen LogP contribution is 2.43. The van der Waals surface area contributed by atoms with E-state index in [9.17, 15) is 14.7 Å². The molecule has 0 radical (unpaired) electrons. The second kappa shape index (κ2) is 9.36. The lowest BCUT2D eigenvalue weighted by atomic mass is 9.96. The third-order valence-electron chi connectivity index (χ3n) is 5.82. The van der Waals surface area contributed by atoms with E-state index in [0.29, 0.717) is 28.9 Å². The van der Waals surface area contributed by atoms with E-state index in [2.05, 4.69) is 6.92 Å². The number of unbranched alkanes of at least 4 members (excludes halogenated alkanes) is 1. The third kappa shape index (κ3) is 3.93. The van der Waals surface area contributed by atoms with Crippen LogP contribution in [-0.2, 0) is 11.3 Å². The molecule has 4 aromatic rings. The molecule has 2 heterocycles. The number of para-hydroxylation sites is 1. The topological polar surface area (TPSA) is 81.7 Å². The summed E-state index contributed by atoms with van der Waals surface area (Å²) < 4.78 is 13.0. The zero-order valence-electron chi connectivity index (χ0n) is 19.1. The van der Waals surface area contributed by atoms with Gasteiger partial charge in [-0.05, 0) is 38.0 Å². The fraction of sp³-hybridized carbons (Fsp3) is 0.259. The van der Waals surface area contributed by atoms with Crippen LogP contribution in [0.3, 0.4) is 0 Å². The smallest absolute Gasteiger partial charge is 0.348 e. The van der Waals surface area contributed by atoms with E-state index in [4.69, 9.17) is 9.15 Å². The van der Waals surface area contributed by atoms with Gasteiger partial charge in [-0.25, -0.2) is 9.59 Å². The molecule has 170 valence electrons. The van der Waals surface area contributed by atoms with E-state index in [1.54, 1.807) is 31.2 Å². The molecule has 0 amide bonds. The van der Waals surface area contributed by atoms with Gasteiger partial charge in [-0.1, -0.05) is 55.8 Å². The van der Waals surface area contributed by atoms with Gasteiger partial charge in [0.05, 0.1) is 23.3 Å². The fourth-order valence-corrected chi connectivity index (χ4v) is 4.28. The van der Waals surface area contributed by atoms with Crippen LogP contribution in [0.4, 0.5) is 0 Å². The molecule has 0 aliphatic heterocycles. The number of aromatic nitrogens is 1. The molecule has 33 heavy (non-hydrogen) atoms. The Morgan fingerprint density at radius 3 is 2.42 bits per heavy atom. The molecule has 2 aromatic heterocycles. The van der Waals surface area contributed by atoms with E-state index in [1.807, 2.05) is 41.8 Å². The van der Waals surface area contributed by atoms with Crippen molar-refractivity contribution in [2.45, 2.75) is 40.2 Å². The molecule has 6 heteroatoms. The van der Waals surface area contributed by atoms with Crippen molar-refractivity contribution in [1.82, 2.24) is 4.57 Å². The summed E-state index contributed by atoms with van der Waals surface area (Å²) in [6.07, 6.45) is 1.84. The lowest BCUT2D eigenvalue weighted by Crippen LogP contribution is -2.10. The number of carbonyl (C=O) groups is 1. The van der Waals surface area contributed by atoms with Gasteiger partial charge in [0.15, 0.2) is 0 Å². The molecule has 0 fully saturated rings. The third-order valence-corrected chi connectivity index (χ3v) is 5.82. The fourth-order valence-electron chi connectivity index (χ4n) is 4.28. The summed E-state index contributed by atoms with van der Waals surface area (Å²) >= 11 is 0. The molecule has 2 aromatic carbocycles. The minimum Gasteiger partial charge on any atom is -0.506 e. The van der Waals surface area contributed by atoms with Gasteiger partial charge < -0.3 is 18.8 Å². The van der Waals surface area contributed by atoms with Crippen LogP contribution in [0, 0.1) is 6.92 Å². The van der Waals surface area contributed by atoms with Crippen LogP contribution in [0.15, 0.2) is 63.8 Å². The zero-order valence-corrected chi connectivity index (χ0v) is 19.1. The standard InChI is InChI=1S/C27H27NO5/c1-4-6-16-28-17(3)21(26(30)32-5-2)22(24(28)18-12-8-7-9-13-18)23-25(29)19-14-10-11-15-20(19)33-27(23)31/h7-15,29H,4-6,16H2,1-3H3. The van der Waals surface area contributed by atoms with Crippen LogP contribution in [0.5, 0.6) is 5.75 Å². The molecule has 0 aliphatic carbocycles. The number of benzene rings is 2. The molecule has 6 nitrogen and oxygen atoms in total. The Labute approximate surface area is 192 Å². The van der Waals surface area contributed by atoms with Crippen LogP contribution in [0.2, 0.25) is 0 Å². The Kier molecular flexibility index (Phi) is 6.36. The Bertz CT molecular complexity index is 1370. The molecule has 0 saturated carbocycles. The van der Waals surface area contributed by atoms with Crippen molar-refractivity contribution < 1.29 is 19.1 Å². The number of esters is 1. The number of hydrogen-bond donors (Lipinski definition) is 1. The highest BCUT2D eigenvalue weighted by molar-refractivity contribution is 6.06. The van der Waals surface area contributed by atoms with Crippen LogP contribution >= 0.6 is 0 Å². The van der Waals surface area contributed by atoms with Gasteiger partial charge in [-0.15, -0.1) is 0 Å². The Hall–Kier alpha value is -3.80. The molecule has 0 unspecified atom stereocenters. The van der Waals surface area contributed by atoms with Crippen molar-refractivity contribution in [2.24, 2.45) is 0 Å². The van der Waals surface area contributed by atoms with E-state index >= 15 is 0 Å². The van der Waals surface area contributed by atoms with Gasteiger partial charge in [0.1, 0.15) is 16.9 Å². The van der Waals surface area contributed by atoms with Crippen molar-refractivity contribution >= 4 is 16.9 Å². The van der Waals surface area contributed by atoms with Crippen LogP contribution < -0.4 is 5.63 Å². The summed E-state index contributed by atoms with van der Waals surface area (Å²) in [5.74, 6) is -0.749. The van der Waals surface area contributed by atoms with Gasteiger partial charge >= 0.3 is 11.6 Å². The number of nitrogens with zero attached hydrogens (tertiary/aromatic N) is 1. The largest absolute Gasteiger partial charge is 0.506 e. The van der Waals surface area contributed by atoms with Crippen molar-refractivity contribution in [3.05, 3.63) is 76.3 Å². The van der Waals surface area contributed by atoms with E-state index in [1.165, 1.54) is 0 Å². The van der Waals surface area contributed by atoms with Gasteiger partial charge in [0, 0.05) is 17.8 Å².